The molecule has 36 heavy (non-hydrogen) atoms. The molecule has 0 unspecified atom stereocenters. The Bertz CT molecular complexity index is 1030. The van der Waals surface area contributed by atoms with Crippen LogP contribution in [0.15, 0.2) is 40.4 Å². The van der Waals surface area contributed by atoms with E-state index in [0.29, 0.717) is 30.0 Å². The summed E-state index contributed by atoms with van der Waals surface area (Å²) in [6.07, 6.45) is 10.8. The van der Waals surface area contributed by atoms with E-state index in [0.717, 1.165) is 29.4 Å². The first-order valence-electron chi connectivity index (χ1n) is 13.6. The molecule has 0 radical (unpaired) electrons. The number of anilines is 1. The van der Waals surface area contributed by atoms with Crippen molar-refractivity contribution in [1.29, 1.82) is 0 Å². The zero-order valence-corrected chi connectivity index (χ0v) is 23.2. The number of carbonyl (C=O) groups is 1. The average molecular weight is 561 g/mol. The SMILES string of the molecule is CC(=O)[C@H]1CC[C@H]2[C@@H]3CCC4=CC5(CC[C@]4(C)[C@H]3CC[C@]12C)OOCN(c1ccc(Br)cc1)COO5. The molecule has 4 fully saturated rings. The lowest BCUT2D eigenvalue weighted by molar-refractivity contribution is -0.510. The smallest absolute Gasteiger partial charge is 0.252 e. The molecule has 0 N–H and O–H groups in total. The van der Waals surface area contributed by atoms with Gasteiger partial charge in [-0.2, -0.15) is 9.78 Å². The lowest BCUT2D eigenvalue weighted by atomic mass is 9.46. The van der Waals surface area contributed by atoms with Crippen molar-refractivity contribution in [2.45, 2.75) is 77.9 Å². The molecule has 1 aliphatic heterocycles. The number of rotatable bonds is 2. The Morgan fingerprint density at radius 2 is 1.67 bits per heavy atom. The van der Waals surface area contributed by atoms with Gasteiger partial charge < -0.3 is 4.90 Å². The summed E-state index contributed by atoms with van der Waals surface area (Å²) in [5.74, 6) is 1.69. The molecule has 1 heterocycles. The molecular formula is C29H38BrNO5. The van der Waals surface area contributed by atoms with Crippen molar-refractivity contribution >= 4 is 27.4 Å². The fourth-order valence-corrected chi connectivity index (χ4v) is 8.98. The van der Waals surface area contributed by atoms with Gasteiger partial charge in [-0.3, -0.25) is 4.79 Å². The molecule has 5 aliphatic rings. The van der Waals surface area contributed by atoms with Crippen LogP contribution in [0.1, 0.15) is 72.1 Å². The summed E-state index contributed by atoms with van der Waals surface area (Å²) >= 11 is 3.47. The van der Waals surface area contributed by atoms with E-state index in [1.807, 2.05) is 36.1 Å². The zero-order valence-electron chi connectivity index (χ0n) is 21.6. The van der Waals surface area contributed by atoms with Crippen LogP contribution in [0.3, 0.4) is 0 Å². The number of carbonyl (C=O) groups excluding carboxylic acids is 1. The van der Waals surface area contributed by atoms with Crippen molar-refractivity contribution in [2.75, 3.05) is 18.4 Å². The van der Waals surface area contributed by atoms with Crippen LogP contribution >= 0.6 is 15.9 Å². The van der Waals surface area contributed by atoms with Gasteiger partial charge in [0.25, 0.3) is 5.79 Å². The first-order valence-corrected chi connectivity index (χ1v) is 14.4. The topological polar surface area (TPSA) is 57.2 Å². The van der Waals surface area contributed by atoms with E-state index < -0.39 is 5.79 Å². The maximum atomic E-state index is 12.4. The molecule has 1 aromatic rings. The molecular weight excluding hydrogens is 522 g/mol. The van der Waals surface area contributed by atoms with Crippen LogP contribution in [0, 0.1) is 34.5 Å². The highest BCUT2D eigenvalue weighted by Crippen LogP contribution is 2.67. The molecule has 0 aromatic heterocycles. The van der Waals surface area contributed by atoms with Gasteiger partial charge in [0, 0.05) is 22.5 Å². The maximum Gasteiger partial charge on any atom is 0.252 e. The molecule has 0 bridgehead atoms. The lowest BCUT2D eigenvalue weighted by Crippen LogP contribution is -2.53. The van der Waals surface area contributed by atoms with Crippen LogP contribution in [-0.2, 0) is 24.3 Å². The minimum Gasteiger partial charge on any atom is -0.320 e. The normalized spacial score (nSPS) is 39.9. The molecule has 6 atom stereocenters. The van der Waals surface area contributed by atoms with E-state index in [-0.39, 0.29) is 30.2 Å². The second kappa shape index (κ2) is 9.19. The fraction of sp³-hybridized carbons (Fsp3) is 0.690. The third-order valence-electron chi connectivity index (χ3n) is 10.6. The maximum absolute atomic E-state index is 12.4. The highest BCUT2D eigenvalue weighted by atomic mass is 79.9. The number of benzene rings is 1. The molecule has 6 nitrogen and oxygen atoms in total. The lowest BCUT2D eigenvalue weighted by Gasteiger charge is -2.59. The van der Waals surface area contributed by atoms with Gasteiger partial charge in [0.15, 0.2) is 13.5 Å². The number of halogens is 1. The standard InChI is InChI=1S/C29H38BrNO5/c1-19(32)24-10-11-25-23-9-4-20-16-29(15-14-27(20,2)26(23)12-13-28(24,25)3)35-33-17-31(18-34-36-29)22-7-5-21(30)6-8-22/h5-8,16,23-26H,4,9-15,17-18H2,1-3H3/t23-,24+,25-,26-,27-,28+/m0/s1. The Morgan fingerprint density at radius 3 is 2.36 bits per heavy atom. The van der Waals surface area contributed by atoms with Gasteiger partial charge in [0.1, 0.15) is 5.78 Å². The highest BCUT2D eigenvalue weighted by molar-refractivity contribution is 9.10. The van der Waals surface area contributed by atoms with Crippen molar-refractivity contribution in [2.24, 2.45) is 34.5 Å². The number of Topliss-reactive ketones (excluding diaryl/α,β-unsaturated/α-hetero) is 1. The molecule has 7 heteroatoms. The summed E-state index contributed by atoms with van der Waals surface area (Å²) in [5.41, 5.74) is 2.73. The Balaban J connectivity index is 1.18. The summed E-state index contributed by atoms with van der Waals surface area (Å²) < 4.78 is 1.02. The molecule has 6 rings (SSSR count). The van der Waals surface area contributed by atoms with Gasteiger partial charge in [-0.1, -0.05) is 35.4 Å². The number of nitrogens with zero attached hydrogens (tertiary/aromatic N) is 1. The van der Waals surface area contributed by atoms with Crippen molar-refractivity contribution in [3.05, 3.63) is 40.4 Å². The predicted molar refractivity (Wildman–Crippen MR) is 139 cm³/mol. The largest absolute Gasteiger partial charge is 0.320 e. The van der Waals surface area contributed by atoms with Crippen molar-refractivity contribution < 1.29 is 24.3 Å². The molecule has 1 aromatic carbocycles. The first kappa shape index (κ1) is 25.1. The van der Waals surface area contributed by atoms with Crippen LogP contribution in [0.25, 0.3) is 0 Å². The van der Waals surface area contributed by atoms with E-state index in [1.54, 1.807) is 0 Å². The van der Waals surface area contributed by atoms with E-state index >= 15 is 0 Å². The Hall–Kier alpha value is -1.25. The van der Waals surface area contributed by atoms with E-state index in [9.17, 15) is 4.79 Å². The van der Waals surface area contributed by atoms with Crippen LogP contribution in [0.2, 0.25) is 0 Å². The minimum absolute atomic E-state index is 0.141. The monoisotopic (exact) mass is 559 g/mol. The molecule has 3 saturated carbocycles. The molecule has 1 saturated heterocycles. The zero-order chi connectivity index (χ0) is 25.1. The minimum atomic E-state index is -0.996. The van der Waals surface area contributed by atoms with E-state index in [4.69, 9.17) is 19.6 Å². The summed E-state index contributed by atoms with van der Waals surface area (Å²) in [5, 5.41) is 0. The second-order valence-electron chi connectivity index (χ2n) is 12.3. The van der Waals surface area contributed by atoms with Gasteiger partial charge in [-0.15, -0.1) is 0 Å². The van der Waals surface area contributed by atoms with Crippen LogP contribution in [-0.4, -0.2) is 25.0 Å². The van der Waals surface area contributed by atoms with Gasteiger partial charge in [-0.25, -0.2) is 9.78 Å². The Kier molecular flexibility index (Phi) is 6.40. The highest BCUT2D eigenvalue weighted by Gasteiger charge is 2.60. The Morgan fingerprint density at radius 1 is 0.944 bits per heavy atom. The van der Waals surface area contributed by atoms with Crippen LogP contribution in [0.5, 0.6) is 0 Å². The van der Waals surface area contributed by atoms with Gasteiger partial charge in [0.2, 0.25) is 0 Å². The molecule has 196 valence electrons. The van der Waals surface area contributed by atoms with Gasteiger partial charge in [-0.05, 0) is 111 Å². The third kappa shape index (κ3) is 4.01. The fourth-order valence-electron chi connectivity index (χ4n) is 8.71. The van der Waals surface area contributed by atoms with Crippen molar-refractivity contribution in [3.63, 3.8) is 0 Å². The summed E-state index contributed by atoms with van der Waals surface area (Å²) in [4.78, 5) is 37.7. The van der Waals surface area contributed by atoms with Crippen LogP contribution < -0.4 is 4.90 Å². The second-order valence-corrected chi connectivity index (χ2v) is 13.2. The first-order chi connectivity index (χ1) is 17.2. The van der Waals surface area contributed by atoms with Crippen molar-refractivity contribution in [3.8, 4) is 0 Å². The quantitative estimate of drug-likeness (QED) is 0.289. The average Bonchev–Trinajstić information content (AvgIpc) is 3.20. The molecule has 1 spiro atoms. The molecule has 4 aliphatic carbocycles. The van der Waals surface area contributed by atoms with E-state index in [1.165, 1.54) is 31.3 Å². The van der Waals surface area contributed by atoms with Gasteiger partial charge >= 0.3 is 0 Å². The number of hydrogen-bond acceptors (Lipinski definition) is 6. The molecule has 0 amide bonds. The summed E-state index contributed by atoms with van der Waals surface area (Å²) in [6.45, 7) is 7.21. The number of allylic oxidation sites excluding steroid dienone is 1. The Labute approximate surface area is 222 Å². The summed E-state index contributed by atoms with van der Waals surface area (Å²) in [7, 11) is 0. The predicted octanol–water partition coefficient (Wildman–Crippen LogP) is 6.94. The summed E-state index contributed by atoms with van der Waals surface area (Å²) in [6, 6.07) is 7.97. The number of ketones is 1. The van der Waals surface area contributed by atoms with E-state index in [2.05, 4.69) is 35.9 Å². The number of hydrogen-bond donors (Lipinski definition) is 0. The van der Waals surface area contributed by atoms with Crippen LogP contribution in [0.4, 0.5) is 5.69 Å². The third-order valence-corrected chi connectivity index (χ3v) is 11.2. The van der Waals surface area contributed by atoms with Gasteiger partial charge in [0.05, 0.1) is 0 Å². The van der Waals surface area contributed by atoms with Crippen molar-refractivity contribution in [1.82, 2.24) is 0 Å². The number of fused-ring (bicyclic) bond motifs is 5.